The van der Waals surface area contributed by atoms with Gasteiger partial charge in [0.25, 0.3) is 5.91 Å². The fourth-order valence-electron chi connectivity index (χ4n) is 4.06. The van der Waals surface area contributed by atoms with Crippen molar-refractivity contribution in [3.8, 4) is 5.75 Å². The molecule has 4 rings (SSSR count). The van der Waals surface area contributed by atoms with E-state index in [2.05, 4.69) is 9.80 Å². The van der Waals surface area contributed by atoms with E-state index in [0.717, 1.165) is 30.9 Å². The molecule has 0 radical (unpaired) electrons. The van der Waals surface area contributed by atoms with E-state index in [-0.39, 0.29) is 18.2 Å². The van der Waals surface area contributed by atoms with E-state index in [1.807, 2.05) is 19.1 Å². The summed E-state index contributed by atoms with van der Waals surface area (Å²) in [6.07, 6.45) is 1.13. The SMILES string of the molecule is CCCOc1ccc(N2C(=O)C[C@H](N3CCN(c4ccc(Cl)c(Cl)c4)CC3)C2=O)cc1. The Morgan fingerprint density at radius 1 is 0.935 bits per heavy atom. The highest BCUT2D eigenvalue weighted by Crippen LogP contribution is 2.30. The molecule has 1 atom stereocenters. The molecule has 0 unspecified atom stereocenters. The molecule has 0 spiro atoms. The zero-order valence-electron chi connectivity index (χ0n) is 17.4. The van der Waals surface area contributed by atoms with Gasteiger partial charge in [-0.15, -0.1) is 0 Å². The lowest BCUT2D eigenvalue weighted by atomic mass is 10.1. The third-order valence-corrected chi connectivity index (χ3v) is 6.45. The van der Waals surface area contributed by atoms with Gasteiger partial charge in [0.05, 0.1) is 34.8 Å². The van der Waals surface area contributed by atoms with Gasteiger partial charge in [-0.1, -0.05) is 30.1 Å². The lowest BCUT2D eigenvalue weighted by molar-refractivity contribution is -0.123. The molecule has 0 saturated carbocycles. The zero-order valence-corrected chi connectivity index (χ0v) is 18.9. The summed E-state index contributed by atoms with van der Waals surface area (Å²) in [5.41, 5.74) is 1.60. The Hall–Kier alpha value is -2.28. The van der Waals surface area contributed by atoms with E-state index < -0.39 is 6.04 Å². The van der Waals surface area contributed by atoms with Crippen LogP contribution in [0, 0.1) is 0 Å². The van der Waals surface area contributed by atoms with Crippen molar-refractivity contribution in [2.75, 3.05) is 42.6 Å². The average Bonchev–Trinajstić information content (AvgIpc) is 3.08. The molecule has 2 aromatic carbocycles. The van der Waals surface area contributed by atoms with Gasteiger partial charge in [-0.3, -0.25) is 14.5 Å². The van der Waals surface area contributed by atoms with Gasteiger partial charge >= 0.3 is 0 Å². The smallest absolute Gasteiger partial charge is 0.251 e. The summed E-state index contributed by atoms with van der Waals surface area (Å²) in [7, 11) is 0. The fraction of sp³-hybridized carbons (Fsp3) is 0.391. The molecule has 6 nitrogen and oxygen atoms in total. The maximum atomic E-state index is 13.1. The largest absolute Gasteiger partial charge is 0.494 e. The second-order valence-electron chi connectivity index (χ2n) is 7.75. The van der Waals surface area contributed by atoms with Crippen LogP contribution in [0.1, 0.15) is 19.8 Å². The first-order valence-electron chi connectivity index (χ1n) is 10.5. The number of halogens is 2. The van der Waals surface area contributed by atoms with Gasteiger partial charge in [-0.05, 0) is 48.9 Å². The summed E-state index contributed by atoms with van der Waals surface area (Å²) in [5, 5.41) is 1.06. The van der Waals surface area contributed by atoms with Crippen molar-refractivity contribution < 1.29 is 14.3 Å². The van der Waals surface area contributed by atoms with Crippen LogP contribution in [-0.4, -0.2) is 55.5 Å². The van der Waals surface area contributed by atoms with Crippen LogP contribution in [0.25, 0.3) is 0 Å². The summed E-state index contributed by atoms with van der Waals surface area (Å²) in [5.74, 6) is 0.416. The number of ether oxygens (including phenoxy) is 1. The molecule has 2 amide bonds. The van der Waals surface area contributed by atoms with Crippen molar-refractivity contribution in [1.82, 2.24) is 4.90 Å². The van der Waals surface area contributed by atoms with Crippen molar-refractivity contribution >= 4 is 46.4 Å². The summed E-state index contributed by atoms with van der Waals surface area (Å²) >= 11 is 12.2. The maximum absolute atomic E-state index is 13.1. The number of benzene rings is 2. The standard InChI is InChI=1S/C23H25Cl2N3O3/c1-2-13-31-18-6-3-16(4-7-18)28-22(29)15-21(23(28)30)27-11-9-26(10-12-27)17-5-8-19(24)20(25)14-17/h3-8,14,21H,2,9-13,15H2,1H3/t21-/m0/s1. The molecule has 2 aliphatic heterocycles. The van der Waals surface area contributed by atoms with Crippen LogP contribution in [-0.2, 0) is 9.59 Å². The Labute approximate surface area is 192 Å². The third kappa shape index (κ3) is 4.66. The lowest BCUT2D eigenvalue weighted by Gasteiger charge is -2.38. The Balaban J connectivity index is 1.39. The van der Waals surface area contributed by atoms with E-state index in [1.165, 1.54) is 4.90 Å². The van der Waals surface area contributed by atoms with Gasteiger partial charge in [-0.25, -0.2) is 4.90 Å². The number of amides is 2. The van der Waals surface area contributed by atoms with E-state index in [4.69, 9.17) is 27.9 Å². The number of carbonyl (C=O) groups excluding carboxylic acids is 2. The quantitative estimate of drug-likeness (QED) is 0.602. The third-order valence-electron chi connectivity index (χ3n) is 5.71. The second-order valence-corrected chi connectivity index (χ2v) is 8.57. The van der Waals surface area contributed by atoms with Crippen LogP contribution in [0.3, 0.4) is 0 Å². The summed E-state index contributed by atoms with van der Waals surface area (Å²) in [4.78, 5) is 31.4. The predicted octanol–water partition coefficient (Wildman–Crippen LogP) is 4.24. The first-order valence-corrected chi connectivity index (χ1v) is 11.3. The molecule has 2 aromatic rings. The van der Waals surface area contributed by atoms with Gasteiger partial charge in [0, 0.05) is 31.9 Å². The van der Waals surface area contributed by atoms with Gasteiger partial charge in [0.2, 0.25) is 5.91 Å². The van der Waals surface area contributed by atoms with Crippen molar-refractivity contribution in [2.45, 2.75) is 25.8 Å². The minimum absolute atomic E-state index is 0.157. The molecule has 31 heavy (non-hydrogen) atoms. The second kappa shape index (κ2) is 9.47. The maximum Gasteiger partial charge on any atom is 0.251 e. The molecule has 2 aliphatic rings. The predicted molar refractivity (Wildman–Crippen MR) is 123 cm³/mol. The number of nitrogens with zero attached hydrogens (tertiary/aromatic N) is 3. The van der Waals surface area contributed by atoms with Crippen LogP contribution in [0.15, 0.2) is 42.5 Å². The number of carbonyl (C=O) groups is 2. The van der Waals surface area contributed by atoms with E-state index in [1.54, 1.807) is 30.3 Å². The Morgan fingerprint density at radius 3 is 2.26 bits per heavy atom. The first kappa shape index (κ1) is 21.9. The van der Waals surface area contributed by atoms with Crippen LogP contribution < -0.4 is 14.5 Å². The summed E-state index contributed by atoms with van der Waals surface area (Å²) < 4.78 is 5.59. The van der Waals surface area contributed by atoms with E-state index in [9.17, 15) is 9.59 Å². The van der Waals surface area contributed by atoms with Gasteiger partial charge in [0.1, 0.15) is 5.75 Å². The average molecular weight is 462 g/mol. The first-order chi connectivity index (χ1) is 15.0. The molecular formula is C23H25Cl2N3O3. The topological polar surface area (TPSA) is 53.1 Å². The number of anilines is 2. The highest BCUT2D eigenvalue weighted by molar-refractivity contribution is 6.42. The lowest BCUT2D eigenvalue weighted by Crippen LogP contribution is -2.52. The summed E-state index contributed by atoms with van der Waals surface area (Å²) in [6, 6.07) is 12.3. The minimum atomic E-state index is -0.417. The molecular weight excluding hydrogens is 437 g/mol. The van der Waals surface area contributed by atoms with Gasteiger partial charge in [-0.2, -0.15) is 0 Å². The molecule has 2 fully saturated rings. The molecule has 0 aromatic heterocycles. The Morgan fingerprint density at radius 2 is 1.61 bits per heavy atom. The molecule has 0 aliphatic carbocycles. The number of hydrogen-bond acceptors (Lipinski definition) is 5. The number of rotatable bonds is 6. The number of hydrogen-bond donors (Lipinski definition) is 0. The fourth-order valence-corrected chi connectivity index (χ4v) is 4.35. The van der Waals surface area contributed by atoms with Crippen molar-refractivity contribution in [1.29, 1.82) is 0 Å². The van der Waals surface area contributed by atoms with Crippen molar-refractivity contribution in [3.63, 3.8) is 0 Å². The van der Waals surface area contributed by atoms with Gasteiger partial charge < -0.3 is 9.64 Å². The van der Waals surface area contributed by atoms with Crippen molar-refractivity contribution in [2.24, 2.45) is 0 Å². The Kier molecular flexibility index (Phi) is 6.70. The zero-order chi connectivity index (χ0) is 22.0. The molecule has 8 heteroatoms. The molecule has 0 N–H and O–H groups in total. The molecule has 2 heterocycles. The molecule has 2 saturated heterocycles. The van der Waals surface area contributed by atoms with Crippen LogP contribution in [0.5, 0.6) is 5.75 Å². The van der Waals surface area contributed by atoms with Crippen LogP contribution in [0.4, 0.5) is 11.4 Å². The van der Waals surface area contributed by atoms with Gasteiger partial charge in [0.15, 0.2) is 0 Å². The summed E-state index contributed by atoms with van der Waals surface area (Å²) in [6.45, 7) is 5.57. The highest BCUT2D eigenvalue weighted by Gasteiger charge is 2.43. The van der Waals surface area contributed by atoms with Crippen LogP contribution in [0.2, 0.25) is 10.0 Å². The minimum Gasteiger partial charge on any atom is -0.494 e. The Bertz CT molecular complexity index is 959. The number of piperazine rings is 1. The molecule has 164 valence electrons. The van der Waals surface area contributed by atoms with E-state index >= 15 is 0 Å². The normalized spacial score (nSPS) is 19.9. The van der Waals surface area contributed by atoms with Crippen molar-refractivity contribution in [3.05, 3.63) is 52.5 Å². The molecule has 0 bridgehead atoms. The monoisotopic (exact) mass is 461 g/mol. The number of imide groups is 1. The van der Waals surface area contributed by atoms with Crippen LogP contribution >= 0.6 is 23.2 Å². The highest BCUT2D eigenvalue weighted by atomic mass is 35.5. The van der Waals surface area contributed by atoms with E-state index in [0.29, 0.717) is 35.4 Å².